The molecule has 2 unspecified atom stereocenters. The van der Waals surface area contributed by atoms with Gasteiger partial charge in [0, 0.05) is 18.7 Å². The second kappa shape index (κ2) is 5.73. The molecule has 1 rings (SSSR count). The molecule has 0 bridgehead atoms. The first-order chi connectivity index (χ1) is 8.31. The number of nitrogens with zero attached hydrogens (tertiary/aromatic N) is 1. The van der Waals surface area contributed by atoms with Crippen LogP contribution in [0.4, 0.5) is 0 Å². The van der Waals surface area contributed by atoms with Crippen LogP contribution < -0.4 is 0 Å². The summed E-state index contributed by atoms with van der Waals surface area (Å²) in [6, 6.07) is 4.29. The van der Waals surface area contributed by atoms with Crippen molar-refractivity contribution in [3.63, 3.8) is 0 Å². The molecule has 0 aromatic heterocycles. The number of aliphatic carboxylic acids is 1. The van der Waals surface area contributed by atoms with E-state index in [1.165, 1.54) is 6.07 Å². The zero-order valence-electron chi connectivity index (χ0n) is 10.8. The van der Waals surface area contributed by atoms with E-state index in [9.17, 15) is 15.0 Å². The molecule has 0 aliphatic carbocycles. The maximum Gasteiger partial charge on any atom is 0.307 e. The number of carbonyl (C=O) groups is 1. The fraction of sp³-hybridized carbons (Fsp3) is 0.462. The summed E-state index contributed by atoms with van der Waals surface area (Å²) in [5.74, 6) is -1.32. The van der Waals surface area contributed by atoms with Crippen LogP contribution in [0, 0.1) is 5.92 Å². The van der Waals surface area contributed by atoms with Crippen molar-refractivity contribution in [2.75, 3.05) is 13.6 Å². The van der Waals surface area contributed by atoms with Gasteiger partial charge in [0.05, 0.1) is 5.92 Å². The van der Waals surface area contributed by atoms with Gasteiger partial charge in [0.15, 0.2) is 0 Å². The number of aromatic hydroxyl groups is 2. The molecule has 2 atom stereocenters. The Hall–Kier alpha value is -1.75. The van der Waals surface area contributed by atoms with Gasteiger partial charge in [0.2, 0.25) is 0 Å². The van der Waals surface area contributed by atoms with Gasteiger partial charge < -0.3 is 15.3 Å². The molecule has 0 saturated heterocycles. The van der Waals surface area contributed by atoms with Crippen LogP contribution in [0.2, 0.25) is 0 Å². The second-order valence-corrected chi connectivity index (χ2v) is 4.64. The van der Waals surface area contributed by atoms with Crippen molar-refractivity contribution >= 4 is 5.97 Å². The Morgan fingerprint density at radius 2 is 1.72 bits per heavy atom. The minimum Gasteiger partial charge on any atom is -0.508 e. The third-order valence-corrected chi connectivity index (χ3v) is 3.05. The average Bonchev–Trinajstić information content (AvgIpc) is 2.26. The summed E-state index contributed by atoms with van der Waals surface area (Å²) in [6.07, 6.45) is 0. The highest BCUT2D eigenvalue weighted by molar-refractivity contribution is 5.69. The number of phenolic OH excluding ortho intramolecular Hbond substituents is 2. The minimum atomic E-state index is -0.840. The van der Waals surface area contributed by atoms with Crippen molar-refractivity contribution in [2.24, 2.45) is 5.92 Å². The number of carboxylic acid groups (broad SMARTS) is 1. The zero-order chi connectivity index (χ0) is 13.9. The molecular formula is C13H19NO4. The first-order valence-corrected chi connectivity index (χ1v) is 5.77. The SMILES string of the molecule is CC(CN(C)C(C)c1cc(O)cc(O)c1)C(=O)O. The summed E-state index contributed by atoms with van der Waals surface area (Å²) < 4.78 is 0. The highest BCUT2D eigenvalue weighted by atomic mass is 16.4. The van der Waals surface area contributed by atoms with Gasteiger partial charge in [-0.1, -0.05) is 6.92 Å². The lowest BCUT2D eigenvalue weighted by Crippen LogP contribution is -2.30. The lowest BCUT2D eigenvalue weighted by molar-refractivity contribution is -0.141. The molecule has 0 radical (unpaired) electrons. The van der Waals surface area contributed by atoms with Gasteiger partial charge in [-0.05, 0) is 31.7 Å². The maximum atomic E-state index is 10.8. The third-order valence-electron chi connectivity index (χ3n) is 3.05. The molecule has 18 heavy (non-hydrogen) atoms. The van der Waals surface area contributed by atoms with Crippen LogP contribution >= 0.6 is 0 Å². The lowest BCUT2D eigenvalue weighted by atomic mass is 10.0. The molecule has 3 N–H and O–H groups in total. The predicted molar refractivity (Wildman–Crippen MR) is 67.6 cm³/mol. The number of phenols is 2. The van der Waals surface area contributed by atoms with Crippen LogP contribution in [0.5, 0.6) is 11.5 Å². The summed E-state index contributed by atoms with van der Waals surface area (Å²) in [5, 5.41) is 27.7. The van der Waals surface area contributed by atoms with Gasteiger partial charge >= 0.3 is 5.97 Å². The topological polar surface area (TPSA) is 81.0 Å². The number of carboxylic acids is 1. The predicted octanol–water partition coefficient (Wildman–Crippen LogP) is 1.81. The Bertz CT molecular complexity index is 413. The monoisotopic (exact) mass is 253 g/mol. The van der Waals surface area contributed by atoms with Gasteiger partial charge in [0.1, 0.15) is 11.5 Å². The van der Waals surface area contributed by atoms with Gasteiger partial charge in [-0.3, -0.25) is 9.69 Å². The zero-order valence-corrected chi connectivity index (χ0v) is 10.8. The molecule has 100 valence electrons. The van der Waals surface area contributed by atoms with E-state index in [1.54, 1.807) is 19.1 Å². The van der Waals surface area contributed by atoms with E-state index in [4.69, 9.17) is 5.11 Å². The Balaban J connectivity index is 2.79. The smallest absolute Gasteiger partial charge is 0.307 e. The Labute approximate surface area is 106 Å². The molecule has 0 amide bonds. The van der Waals surface area contributed by atoms with Gasteiger partial charge in [-0.25, -0.2) is 0 Å². The molecule has 0 aliphatic rings. The molecule has 0 saturated carbocycles. The summed E-state index contributed by atoms with van der Waals surface area (Å²) in [4.78, 5) is 12.7. The Morgan fingerprint density at radius 1 is 1.22 bits per heavy atom. The van der Waals surface area contributed by atoms with E-state index < -0.39 is 11.9 Å². The normalized spacial score (nSPS) is 14.4. The van der Waals surface area contributed by atoms with Gasteiger partial charge in [-0.15, -0.1) is 0 Å². The molecule has 1 aromatic rings. The van der Waals surface area contributed by atoms with Crippen LogP contribution in [0.3, 0.4) is 0 Å². The molecule has 5 nitrogen and oxygen atoms in total. The number of hydrogen-bond acceptors (Lipinski definition) is 4. The van der Waals surface area contributed by atoms with Crippen molar-refractivity contribution in [1.29, 1.82) is 0 Å². The molecular weight excluding hydrogens is 234 g/mol. The van der Waals surface area contributed by atoms with E-state index in [0.29, 0.717) is 6.54 Å². The van der Waals surface area contributed by atoms with E-state index >= 15 is 0 Å². The molecule has 5 heteroatoms. The third kappa shape index (κ3) is 3.63. The number of benzene rings is 1. The van der Waals surface area contributed by atoms with E-state index in [0.717, 1.165) is 5.56 Å². The number of hydrogen-bond donors (Lipinski definition) is 3. The number of rotatable bonds is 5. The minimum absolute atomic E-state index is 0.00321. The highest BCUT2D eigenvalue weighted by Crippen LogP contribution is 2.27. The lowest BCUT2D eigenvalue weighted by Gasteiger charge is -2.26. The maximum absolute atomic E-state index is 10.8. The molecule has 0 aliphatic heterocycles. The molecule has 0 fully saturated rings. The van der Waals surface area contributed by atoms with Crippen LogP contribution in [-0.4, -0.2) is 39.8 Å². The Morgan fingerprint density at radius 3 is 2.17 bits per heavy atom. The summed E-state index contributed by atoms with van der Waals surface area (Å²) >= 11 is 0. The first kappa shape index (κ1) is 14.3. The van der Waals surface area contributed by atoms with Crippen molar-refractivity contribution in [3.8, 4) is 11.5 Å². The van der Waals surface area contributed by atoms with Crippen molar-refractivity contribution in [2.45, 2.75) is 19.9 Å². The van der Waals surface area contributed by atoms with Gasteiger partial charge in [0.25, 0.3) is 0 Å². The van der Waals surface area contributed by atoms with Gasteiger partial charge in [-0.2, -0.15) is 0 Å². The van der Waals surface area contributed by atoms with Crippen LogP contribution in [0.15, 0.2) is 18.2 Å². The average molecular weight is 253 g/mol. The van der Waals surface area contributed by atoms with Crippen LogP contribution in [-0.2, 0) is 4.79 Å². The molecule has 1 aromatic carbocycles. The van der Waals surface area contributed by atoms with Crippen molar-refractivity contribution < 1.29 is 20.1 Å². The van der Waals surface area contributed by atoms with Crippen molar-refractivity contribution in [1.82, 2.24) is 4.90 Å². The summed E-state index contributed by atoms with van der Waals surface area (Å²) in [7, 11) is 1.81. The molecule has 0 spiro atoms. The van der Waals surface area contributed by atoms with Crippen LogP contribution in [0.1, 0.15) is 25.5 Å². The van der Waals surface area contributed by atoms with E-state index in [2.05, 4.69) is 0 Å². The fourth-order valence-electron chi connectivity index (χ4n) is 1.78. The molecule has 0 heterocycles. The summed E-state index contributed by atoms with van der Waals surface area (Å²) in [5.41, 5.74) is 0.743. The quantitative estimate of drug-likeness (QED) is 0.745. The second-order valence-electron chi connectivity index (χ2n) is 4.64. The first-order valence-electron chi connectivity index (χ1n) is 5.77. The largest absolute Gasteiger partial charge is 0.508 e. The highest BCUT2D eigenvalue weighted by Gasteiger charge is 2.19. The van der Waals surface area contributed by atoms with Crippen molar-refractivity contribution in [3.05, 3.63) is 23.8 Å². The van der Waals surface area contributed by atoms with E-state index in [-0.39, 0.29) is 17.5 Å². The Kier molecular flexibility index (Phi) is 4.55. The fourth-order valence-corrected chi connectivity index (χ4v) is 1.78. The summed E-state index contributed by atoms with van der Waals surface area (Å²) in [6.45, 7) is 3.93. The van der Waals surface area contributed by atoms with Crippen LogP contribution in [0.25, 0.3) is 0 Å². The standard InChI is InChI=1S/C13H19NO4/c1-8(13(17)18)7-14(3)9(2)10-4-11(15)6-12(16)5-10/h4-6,8-9,15-16H,7H2,1-3H3,(H,17,18). The van der Waals surface area contributed by atoms with E-state index in [1.807, 2.05) is 18.9 Å².